The van der Waals surface area contributed by atoms with E-state index in [1.165, 1.54) is 0 Å². The van der Waals surface area contributed by atoms with E-state index in [1.54, 1.807) is 20.3 Å². The first kappa shape index (κ1) is 13.5. The van der Waals surface area contributed by atoms with Crippen molar-refractivity contribution in [3.8, 4) is 11.6 Å². The fourth-order valence-electron chi connectivity index (χ4n) is 1.71. The molecule has 0 bridgehead atoms. The molecule has 1 N–H and O–H groups in total. The quantitative estimate of drug-likeness (QED) is 0.911. The average Bonchev–Trinajstić information content (AvgIpc) is 2.46. The summed E-state index contributed by atoms with van der Waals surface area (Å²) in [6.45, 7) is 0.531. The number of pyridine rings is 1. The van der Waals surface area contributed by atoms with Crippen molar-refractivity contribution in [2.24, 2.45) is 0 Å². The number of halogens is 1. The van der Waals surface area contributed by atoms with Crippen molar-refractivity contribution in [2.45, 2.75) is 6.54 Å². The van der Waals surface area contributed by atoms with Gasteiger partial charge in [-0.1, -0.05) is 23.7 Å². The van der Waals surface area contributed by atoms with Crippen LogP contribution in [0.5, 0.6) is 11.6 Å². The standard InChI is InChI=1S/C14H15ClN2O2/c1-18-12-6-3-5-11(15)10(12)9-16-13-7-4-8-14(17-13)19-2/h3-8H,9H2,1-2H3,(H,16,17). The largest absolute Gasteiger partial charge is 0.496 e. The first-order chi connectivity index (χ1) is 9.24. The van der Waals surface area contributed by atoms with Crippen LogP contribution in [0, 0.1) is 0 Å². The lowest BCUT2D eigenvalue weighted by Gasteiger charge is -2.12. The number of aromatic nitrogens is 1. The predicted octanol–water partition coefficient (Wildman–Crippen LogP) is 3.36. The van der Waals surface area contributed by atoms with Crippen LogP contribution in [0.3, 0.4) is 0 Å². The second-order valence-electron chi connectivity index (χ2n) is 3.84. The van der Waals surface area contributed by atoms with E-state index in [1.807, 2.05) is 30.3 Å². The van der Waals surface area contributed by atoms with Crippen LogP contribution in [0.25, 0.3) is 0 Å². The number of hydrogen-bond acceptors (Lipinski definition) is 4. The van der Waals surface area contributed by atoms with Gasteiger partial charge in [0.05, 0.1) is 14.2 Å². The lowest BCUT2D eigenvalue weighted by Crippen LogP contribution is -2.04. The molecule has 1 heterocycles. The molecule has 5 heteroatoms. The second kappa shape index (κ2) is 6.29. The highest BCUT2D eigenvalue weighted by molar-refractivity contribution is 6.31. The van der Waals surface area contributed by atoms with E-state index in [0.29, 0.717) is 17.4 Å². The number of methoxy groups -OCH3 is 2. The van der Waals surface area contributed by atoms with Gasteiger partial charge in [0, 0.05) is 23.2 Å². The van der Waals surface area contributed by atoms with Crippen molar-refractivity contribution in [1.29, 1.82) is 0 Å². The molecule has 0 fully saturated rings. The Bertz CT molecular complexity index is 561. The Hall–Kier alpha value is -1.94. The fourth-order valence-corrected chi connectivity index (χ4v) is 1.94. The minimum Gasteiger partial charge on any atom is -0.496 e. The molecule has 19 heavy (non-hydrogen) atoms. The molecule has 2 rings (SSSR count). The van der Waals surface area contributed by atoms with Crippen molar-refractivity contribution < 1.29 is 9.47 Å². The summed E-state index contributed by atoms with van der Waals surface area (Å²) in [5.74, 6) is 2.04. The van der Waals surface area contributed by atoms with Crippen molar-refractivity contribution in [2.75, 3.05) is 19.5 Å². The van der Waals surface area contributed by atoms with Gasteiger partial charge >= 0.3 is 0 Å². The smallest absolute Gasteiger partial charge is 0.214 e. The zero-order valence-corrected chi connectivity index (χ0v) is 11.6. The van der Waals surface area contributed by atoms with E-state index in [0.717, 1.165) is 17.1 Å². The van der Waals surface area contributed by atoms with Gasteiger partial charge in [-0.3, -0.25) is 0 Å². The number of ether oxygens (including phenoxy) is 2. The maximum absolute atomic E-state index is 6.17. The molecular weight excluding hydrogens is 264 g/mol. The summed E-state index contributed by atoms with van der Waals surface area (Å²) in [7, 11) is 3.21. The lowest BCUT2D eigenvalue weighted by atomic mass is 10.2. The van der Waals surface area contributed by atoms with E-state index in [9.17, 15) is 0 Å². The first-order valence-electron chi connectivity index (χ1n) is 5.81. The van der Waals surface area contributed by atoms with E-state index >= 15 is 0 Å². The van der Waals surface area contributed by atoms with Gasteiger partial charge in [-0.15, -0.1) is 0 Å². The highest BCUT2D eigenvalue weighted by atomic mass is 35.5. The lowest BCUT2D eigenvalue weighted by molar-refractivity contribution is 0.398. The Morgan fingerprint density at radius 1 is 1.11 bits per heavy atom. The molecule has 0 saturated heterocycles. The summed E-state index contributed by atoms with van der Waals surface area (Å²) in [5.41, 5.74) is 0.899. The van der Waals surface area contributed by atoms with Crippen LogP contribution in [-0.2, 0) is 6.54 Å². The van der Waals surface area contributed by atoms with Gasteiger partial charge in [0.15, 0.2) is 0 Å². The third kappa shape index (κ3) is 3.29. The van der Waals surface area contributed by atoms with Crippen molar-refractivity contribution >= 4 is 17.4 Å². The minimum absolute atomic E-state index is 0.531. The molecule has 4 nitrogen and oxygen atoms in total. The molecule has 1 aromatic heterocycles. The molecule has 0 aliphatic carbocycles. The predicted molar refractivity (Wildman–Crippen MR) is 76.1 cm³/mol. The molecular formula is C14H15ClN2O2. The molecule has 0 aliphatic rings. The van der Waals surface area contributed by atoms with Gasteiger partial charge in [0.2, 0.25) is 5.88 Å². The summed E-state index contributed by atoms with van der Waals surface area (Å²) >= 11 is 6.17. The Morgan fingerprint density at radius 2 is 1.89 bits per heavy atom. The van der Waals surface area contributed by atoms with Crippen LogP contribution in [0.2, 0.25) is 5.02 Å². The van der Waals surface area contributed by atoms with Crippen molar-refractivity contribution in [3.05, 3.63) is 47.0 Å². The molecule has 0 amide bonds. The summed E-state index contributed by atoms with van der Waals surface area (Å²) in [6.07, 6.45) is 0. The van der Waals surface area contributed by atoms with E-state index in [4.69, 9.17) is 21.1 Å². The first-order valence-corrected chi connectivity index (χ1v) is 6.18. The molecule has 0 radical (unpaired) electrons. The van der Waals surface area contributed by atoms with Gasteiger partial charge in [-0.2, -0.15) is 4.98 Å². The highest BCUT2D eigenvalue weighted by Gasteiger charge is 2.07. The van der Waals surface area contributed by atoms with Crippen LogP contribution in [0.15, 0.2) is 36.4 Å². The monoisotopic (exact) mass is 278 g/mol. The number of anilines is 1. The third-order valence-electron chi connectivity index (χ3n) is 2.67. The number of nitrogens with zero attached hydrogens (tertiary/aromatic N) is 1. The number of rotatable bonds is 5. The molecule has 100 valence electrons. The zero-order chi connectivity index (χ0) is 13.7. The summed E-state index contributed by atoms with van der Waals surface area (Å²) in [4.78, 5) is 4.27. The Balaban J connectivity index is 2.14. The van der Waals surface area contributed by atoms with E-state index < -0.39 is 0 Å². The molecule has 0 spiro atoms. The van der Waals surface area contributed by atoms with Gasteiger partial charge in [0.1, 0.15) is 11.6 Å². The Kier molecular flexibility index (Phi) is 4.47. The Morgan fingerprint density at radius 3 is 2.63 bits per heavy atom. The summed E-state index contributed by atoms with van der Waals surface area (Å²) in [5, 5.41) is 3.86. The minimum atomic E-state index is 0.531. The van der Waals surface area contributed by atoms with Gasteiger partial charge < -0.3 is 14.8 Å². The third-order valence-corrected chi connectivity index (χ3v) is 3.03. The number of nitrogens with one attached hydrogen (secondary N) is 1. The van der Waals surface area contributed by atoms with E-state index in [-0.39, 0.29) is 0 Å². The molecule has 0 unspecified atom stereocenters. The van der Waals surface area contributed by atoms with Crippen molar-refractivity contribution in [3.63, 3.8) is 0 Å². The molecule has 1 aromatic carbocycles. The number of benzene rings is 1. The highest BCUT2D eigenvalue weighted by Crippen LogP contribution is 2.27. The van der Waals surface area contributed by atoms with Crippen LogP contribution in [-0.4, -0.2) is 19.2 Å². The SMILES string of the molecule is COc1cccc(NCc2c(Cl)cccc2OC)n1. The maximum atomic E-state index is 6.17. The van der Waals surface area contributed by atoms with Crippen LogP contribution in [0.4, 0.5) is 5.82 Å². The van der Waals surface area contributed by atoms with Gasteiger partial charge in [0.25, 0.3) is 0 Å². The van der Waals surface area contributed by atoms with Crippen LogP contribution >= 0.6 is 11.6 Å². The average molecular weight is 279 g/mol. The van der Waals surface area contributed by atoms with E-state index in [2.05, 4.69) is 10.3 Å². The van der Waals surface area contributed by atoms with Gasteiger partial charge in [-0.25, -0.2) is 0 Å². The maximum Gasteiger partial charge on any atom is 0.214 e. The fraction of sp³-hybridized carbons (Fsp3) is 0.214. The second-order valence-corrected chi connectivity index (χ2v) is 4.25. The van der Waals surface area contributed by atoms with Crippen molar-refractivity contribution in [1.82, 2.24) is 4.98 Å². The summed E-state index contributed by atoms with van der Waals surface area (Å²) in [6, 6.07) is 11.1. The topological polar surface area (TPSA) is 43.4 Å². The van der Waals surface area contributed by atoms with Crippen LogP contribution < -0.4 is 14.8 Å². The van der Waals surface area contributed by atoms with Gasteiger partial charge in [-0.05, 0) is 18.2 Å². The zero-order valence-electron chi connectivity index (χ0n) is 10.8. The summed E-state index contributed by atoms with van der Waals surface area (Å²) < 4.78 is 10.4. The molecule has 0 aliphatic heterocycles. The molecule has 0 atom stereocenters. The molecule has 0 saturated carbocycles. The normalized spacial score (nSPS) is 10.1. The van der Waals surface area contributed by atoms with Crippen LogP contribution in [0.1, 0.15) is 5.56 Å². The Labute approximate surface area is 117 Å². The molecule has 2 aromatic rings. The number of hydrogen-bond donors (Lipinski definition) is 1.